The van der Waals surface area contributed by atoms with Crippen LogP contribution in [0.3, 0.4) is 0 Å². The number of aromatic nitrogens is 4. The Balaban J connectivity index is 1.02. The normalized spacial score (nSPS) is 11.8. The summed E-state index contributed by atoms with van der Waals surface area (Å²) in [4.78, 5) is 19.7. The number of fused-ring (bicyclic) bond motifs is 12. The van der Waals surface area contributed by atoms with Gasteiger partial charge in [-0.3, -0.25) is 15.0 Å². The summed E-state index contributed by atoms with van der Waals surface area (Å²) < 4.78 is 0. The molecular weight excluding hydrogens is 633 g/mol. The van der Waals surface area contributed by atoms with Gasteiger partial charge in [0.25, 0.3) is 0 Å². The molecule has 0 radical (unpaired) electrons. The van der Waals surface area contributed by atoms with Crippen LogP contribution in [-0.2, 0) is 0 Å². The molecule has 11 aromatic rings. The minimum atomic E-state index is 0.915. The summed E-state index contributed by atoms with van der Waals surface area (Å²) in [6.45, 7) is 0. The van der Waals surface area contributed by atoms with E-state index in [1.165, 1.54) is 32.3 Å². The summed E-state index contributed by atoms with van der Waals surface area (Å²) in [7, 11) is 0. The van der Waals surface area contributed by atoms with Crippen LogP contribution in [0.2, 0.25) is 0 Å². The van der Waals surface area contributed by atoms with Gasteiger partial charge in [-0.1, -0.05) is 121 Å². The average Bonchev–Trinajstić information content (AvgIpc) is 3.22. The molecule has 0 aliphatic carbocycles. The monoisotopic (exact) mass is 660 g/mol. The molecule has 0 fully saturated rings. The molecule has 0 saturated heterocycles. The lowest BCUT2D eigenvalue weighted by atomic mass is 9.92. The predicted molar refractivity (Wildman–Crippen MR) is 216 cm³/mol. The maximum absolute atomic E-state index is 5.45. The molecule has 4 heteroatoms. The van der Waals surface area contributed by atoms with Crippen LogP contribution < -0.4 is 0 Å². The van der Waals surface area contributed by atoms with E-state index in [0.717, 1.165) is 77.1 Å². The zero-order valence-electron chi connectivity index (χ0n) is 28.0. The highest BCUT2D eigenvalue weighted by Crippen LogP contribution is 2.41. The highest BCUT2D eigenvalue weighted by atomic mass is 14.7. The lowest BCUT2D eigenvalue weighted by molar-refractivity contribution is 1.37. The molecule has 0 amide bonds. The third-order valence-electron chi connectivity index (χ3n) is 10.5. The lowest BCUT2D eigenvalue weighted by Crippen LogP contribution is -1.93. The molecule has 0 N–H and O–H groups in total. The Kier molecular flexibility index (Phi) is 6.22. The van der Waals surface area contributed by atoms with Crippen molar-refractivity contribution in [2.75, 3.05) is 0 Å². The van der Waals surface area contributed by atoms with Gasteiger partial charge < -0.3 is 0 Å². The number of hydrogen-bond donors (Lipinski definition) is 0. The van der Waals surface area contributed by atoms with Crippen LogP contribution in [0.15, 0.2) is 170 Å². The first-order chi connectivity index (χ1) is 25.8. The van der Waals surface area contributed by atoms with E-state index in [9.17, 15) is 0 Å². The van der Waals surface area contributed by atoms with Crippen LogP contribution in [0.1, 0.15) is 0 Å². The SMILES string of the molecule is c1cnc2c(c1)ccc1c(-c3ccc4ncc(-c5ccc(-c6nc7c8ccccc8c8ccccc8c7c7ccccc67)cc5)cc4c3)ccnc12. The van der Waals surface area contributed by atoms with Crippen molar-refractivity contribution in [1.82, 2.24) is 19.9 Å². The van der Waals surface area contributed by atoms with Crippen LogP contribution in [0, 0.1) is 0 Å². The van der Waals surface area contributed by atoms with Gasteiger partial charge in [0.2, 0.25) is 0 Å². The van der Waals surface area contributed by atoms with Crippen molar-refractivity contribution in [2.45, 2.75) is 0 Å². The molecule has 0 aliphatic rings. The van der Waals surface area contributed by atoms with Gasteiger partial charge in [0.15, 0.2) is 0 Å². The number of nitrogens with zero attached hydrogens (tertiary/aromatic N) is 4. The highest BCUT2D eigenvalue weighted by Gasteiger charge is 2.17. The van der Waals surface area contributed by atoms with Gasteiger partial charge >= 0.3 is 0 Å². The molecule has 0 saturated carbocycles. The van der Waals surface area contributed by atoms with Crippen LogP contribution in [0.5, 0.6) is 0 Å². The van der Waals surface area contributed by atoms with Crippen LogP contribution in [0.25, 0.3) is 109 Å². The Morgan fingerprint density at radius 3 is 1.83 bits per heavy atom. The van der Waals surface area contributed by atoms with E-state index >= 15 is 0 Å². The van der Waals surface area contributed by atoms with Crippen molar-refractivity contribution < 1.29 is 0 Å². The summed E-state index contributed by atoms with van der Waals surface area (Å²) in [5.41, 5.74) is 10.3. The second kappa shape index (κ2) is 11.2. The fourth-order valence-electron chi connectivity index (χ4n) is 8.09. The largest absolute Gasteiger partial charge is 0.256 e. The quantitative estimate of drug-likeness (QED) is 0.177. The molecule has 7 aromatic carbocycles. The number of hydrogen-bond acceptors (Lipinski definition) is 4. The first-order valence-corrected chi connectivity index (χ1v) is 17.5. The molecule has 240 valence electrons. The lowest BCUT2D eigenvalue weighted by Gasteiger charge is -2.15. The molecule has 52 heavy (non-hydrogen) atoms. The van der Waals surface area contributed by atoms with E-state index in [1.54, 1.807) is 0 Å². The standard InChI is InChI=1S/C48H28N4/c1-3-11-38-36(9-1)37-10-2-5-13-40(37)47-44(38)39-12-4-6-14-41(39)45(52-47)31-17-15-29(16-18-31)34-27-33-26-32(20-22-43(33)51-28-34)35-23-25-50-48-42(35)21-19-30-8-7-24-49-46(30)48/h1-28H. The summed E-state index contributed by atoms with van der Waals surface area (Å²) >= 11 is 0. The highest BCUT2D eigenvalue weighted by molar-refractivity contribution is 6.31. The van der Waals surface area contributed by atoms with Crippen molar-refractivity contribution in [3.8, 4) is 33.5 Å². The van der Waals surface area contributed by atoms with E-state index in [0.29, 0.717) is 0 Å². The number of pyridine rings is 4. The topological polar surface area (TPSA) is 51.6 Å². The zero-order chi connectivity index (χ0) is 34.2. The smallest absolute Gasteiger partial charge is 0.0970 e. The average molecular weight is 661 g/mol. The van der Waals surface area contributed by atoms with E-state index in [2.05, 4.69) is 151 Å². The van der Waals surface area contributed by atoms with Crippen molar-refractivity contribution in [3.05, 3.63) is 170 Å². The molecule has 0 unspecified atom stereocenters. The Morgan fingerprint density at radius 2 is 1.00 bits per heavy atom. The second-order valence-corrected chi connectivity index (χ2v) is 13.4. The van der Waals surface area contributed by atoms with Crippen LogP contribution >= 0.6 is 0 Å². The summed E-state index contributed by atoms with van der Waals surface area (Å²) in [5.74, 6) is 0. The second-order valence-electron chi connectivity index (χ2n) is 13.4. The number of rotatable bonds is 3. The van der Waals surface area contributed by atoms with Crippen molar-refractivity contribution in [1.29, 1.82) is 0 Å². The minimum Gasteiger partial charge on any atom is -0.256 e. The Hall–Kier alpha value is -7.04. The molecule has 4 heterocycles. The molecule has 11 rings (SSSR count). The third kappa shape index (κ3) is 4.34. The van der Waals surface area contributed by atoms with Gasteiger partial charge in [-0.2, -0.15) is 0 Å². The first-order valence-electron chi connectivity index (χ1n) is 17.5. The van der Waals surface area contributed by atoms with Gasteiger partial charge in [-0.15, -0.1) is 0 Å². The van der Waals surface area contributed by atoms with Gasteiger partial charge in [0, 0.05) is 62.0 Å². The van der Waals surface area contributed by atoms with Crippen molar-refractivity contribution >= 4 is 75.9 Å². The molecule has 0 bridgehead atoms. The Bertz CT molecular complexity index is 3240. The van der Waals surface area contributed by atoms with Crippen molar-refractivity contribution in [3.63, 3.8) is 0 Å². The van der Waals surface area contributed by atoms with Crippen LogP contribution in [0.4, 0.5) is 0 Å². The first kappa shape index (κ1) is 28.8. The maximum Gasteiger partial charge on any atom is 0.0970 e. The van der Waals surface area contributed by atoms with Gasteiger partial charge in [-0.05, 0) is 68.6 Å². The third-order valence-corrected chi connectivity index (χ3v) is 10.5. The molecule has 0 aliphatic heterocycles. The zero-order valence-corrected chi connectivity index (χ0v) is 28.0. The molecule has 4 aromatic heterocycles. The number of benzene rings is 7. The molecular formula is C48H28N4. The Labute approximate surface area is 298 Å². The summed E-state index contributed by atoms with van der Waals surface area (Å²) in [5, 5.41) is 11.7. The van der Waals surface area contributed by atoms with Crippen molar-refractivity contribution in [2.24, 2.45) is 0 Å². The van der Waals surface area contributed by atoms with E-state index < -0.39 is 0 Å². The van der Waals surface area contributed by atoms with Gasteiger partial charge in [-0.25, -0.2) is 4.98 Å². The molecule has 0 spiro atoms. The molecule has 4 nitrogen and oxygen atoms in total. The predicted octanol–water partition coefficient (Wildman–Crippen LogP) is 12.3. The molecule has 0 atom stereocenters. The van der Waals surface area contributed by atoms with Gasteiger partial charge in [0.1, 0.15) is 0 Å². The van der Waals surface area contributed by atoms with Crippen LogP contribution in [-0.4, -0.2) is 19.9 Å². The van der Waals surface area contributed by atoms with Gasteiger partial charge in [0.05, 0.1) is 27.8 Å². The summed E-state index contributed by atoms with van der Waals surface area (Å²) in [6.07, 6.45) is 5.68. The fourth-order valence-corrected chi connectivity index (χ4v) is 8.09. The van der Waals surface area contributed by atoms with E-state index in [-0.39, 0.29) is 0 Å². The Morgan fingerprint density at radius 1 is 0.346 bits per heavy atom. The minimum absolute atomic E-state index is 0.915. The van der Waals surface area contributed by atoms with E-state index in [1.807, 2.05) is 24.7 Å². The fraction of sp³-hybridized carbons (Fsp3) is 0. The maximum atomic E-state index is 5.45. The summed E-state index contributed by atoms with van der Waals surface area (Å²) in [6, 6.07) is 53.9. The van der Waals surface area contributed by atoms with E-state index in [4.69, 9.17) is 15.0 Å².